The molecule has 0 aliphatic carbocycles. The molecule has 0 fully saturated rings. The van der Waals surface area contributed by atoms with Gasteiger partial charge in [0.15, 0.2) is 5.16 Å². The van der Waals surface area contributed by atoms with Crippen molar-refractivity contribution in [3.63, 3.8) is 0 Å². The number of amides is 1. The van der Waals surface area contributed by atoms with Gasteiger partial charge in [-0.2, -0.15) is 0 Å². The van der Waals surface area contributed by atoms with Crippen LogP contribution >= 0.6 is 35.0 Å². The molecule has 0 N–H and O–H groups in total. The highest BCUT2D eigenvalue weighted by molar-refractivity contribution is 8.00. The summed E-state index contributed by atoms with van der Waals surface area (Å²) < 4.78 is 1.62. The molecule has 8 heteroatoms. The summed E-state index contributed by atoms with van der Waals surface area (Å²) in [6.45, 7) is 2.21. The third-order valence-electron chi connectivity index (χ3n) is 4.52. The number of thioether (sulfide) groups is 1. The van der Waals surface area contributed by atoms with Crippen LogP contribution in [0.2, 0.25) is 10.0 Å². The first-order valence-electron chi connectivity index (χ1n) is 9.09. The van der Waals surface area contributed by atoms with E-state index in [9.17, 15) is 9.59 Å². The Morgan fingerprint density at radius 1 is 1.21 bits per heavy atom. The molecular weight excluding hydrogens is 429 g/mol. The number of carbonyl (C=O) groups is 1. The van der Waals surface area contributed by atoms with E-state index in [0.29, 0.717) is 39.1 Å². The Hall–Kier alpha value is -2.02. The van der Waals surface area contributed by atoms with Gasteiger partial charge < -0.3 is 4.90 Å². The lowest BCUT2D eigenvalue weighted by Gasteiger charge is -2.19. The SMILES string of the molecule is CC(Sc1nc2ccccc2c(=O)n1CCc1ccc(Cl)cc1Cl)C(=O)N(C)C. The second-order valence-electron chi connectivity index (χ2n) is 6.85. The predicted octanol–water partition coefficient (Wildman–Crippen LogP) is 4.51. The van der Waals surface area contributed by atoms with Crippen molar-refractivity contribution in [2.45, 2.75) is 30.3 Å². The molecular formula is C21H21Cl2N3O2S. The van der Waals surface area contributed by atoms with Gasteiger partial charge in [-0.3, -0.25) is 14.2 Å². The maximum atomic E-state index is 13.2. The lowest BCUT2D eigenvalue weighted by Crippen LogP contribution is -2.31. The molecule has 0 saturated carbocycles. The highest BCUT2D eigenvalue weighted by atomic mass is 35.5. The van der Waals surface area contributed by atoms with Crippen LogP contribution in [0.4, 0.5) is 0 Å². The monoisotopic (exact) mass is 449 g/mol. The zero-order chi connectivity index (χ0) is 21.1. The van der Waals surface area contributed by atoms with Gasteiger partial charge in [-0.1, -0.05) is 53.2 Å². The summed E-state index contributed by atoms with van der Waals surface area (Å²) in [5, 5.41) is 1.82. The molecule has 0 saturated heterocycles. The van der Waals surface area contributed by atoms with Crippen LogP contribution in [0.15, 0.2) is 52.4 Å². The van der Waals surface area contributed by atoms with Gasteiger partial charge >= 0.3 is 0 Å². The normalized spacial score (nSPS) is 12.2. The minimum atomic E-state index is -0.372. The van der Waals surface area contributed by atoms with Gasteiger partial charge in [0.05, 0.1) is 16.2 Å². The maximum absolute atomic E-state index is 13.2. The summed E-state index contributed by atoms with van der Waals surface area (Å²) in [7, 11) is 3.42. The average molecular weight is 450 g/mol. The first kappa shape index (κ1) is 21.7. The van der Waals surface area contributed by atoms with E-state index in [0.717, 1.165) is 5.56 Å². The molecule has 1 aromatic heterocycles. The van der Waals surface area contributed by atoms with Crippen molar-refractivity contribution in [2.75, 3.05) is 14.1 Å². The minimum Gasteiger partial charge on any atom is -0.348 e. The van der Waals surface area contributed by atoms with Crippen molar-refractivity contribution < 1.29 is 4.79 Å². The van der Waals surface area contributed by atoms with Gasteiger partial charge in [0, 0.05) is 30.7 Å². The average Bonchev–Trinajstić information content (AvgIpc) is 2.68. The fourth-order valence-electron chi connectivity index (χ4n) is 2.96. The van der Waals surface area contributed by atoms with Crippen LogP contribution in [0.25, 0.3) is 10.9 Å². The second kappa shape index (κ2) is 9.20. The van der Waals surface area contributed by atoms with Crippen LogP contribution in [0.3, 0.4) is 0 Å². The van der Waals surface area contributed by atoms with E-state index in [1.807, 2.05) is 25.1 Å². The van der Waals surface area contributed by atoms with E-state index >= 15 is 0 Å². The van der Waals surface area contributed by atoms with Crippen LogP contribution in [0.5, 0.6) is 0 Å². The summed E-state index contributed by atoms with van der Waals surface area (Å²) in [5.41, 5.74) is 1.38. The molecule has 1 unspecified atom stereocenters. The number of aromatic nitrogens is 2. The van der Waals surface area contributed by atoms with Crippen LogP contribution in [0.1, 0.15) is 12.5 Å². The van der Waals surface area contributed by atoms with Crippen molar-refractivity contribution in [3.05, 3.63) is 68.4 Å². The number of fused-ring (bicyclic) bond motifs is 1. The largest absolute Gasteiger partial charge is 0.348 e. The minimum absolute atomic E-state index is 0.0373. The quantitative estimate of drug-likeness (QED) is 0.410. The topological polar surface area (TPSA) is 55.2 Å². The molecule has 1 atom stereocenters. The highest BCUT2D eigenvalue weighted by Gasteiger charge is 2.20. The van der Waals surface area contributed by atoms with Gasteiger partial charge in [-0.25, -0.2) is 4.98 Å². The predicted molar refractivity (Wildman–Crippen MR) is 120 cm³/mol. The van der Waals surface area contributed by atoms with E-state index in [1.165, 1.54) is 16.7 Å². The van der Waals surface area contributed by atoms with Crippen LogP contribution in [-0.2, 0) is 17.8 Å². The van der Waals surface area contributed by atoms with Gasteiger partial charge in [0.1, 0.15) is 0 Å². The van der Waals surface area contributed by atoms with E-state index in [2.05, 4.69) is 4.98 Å². The Morgan fingerprint density at radius 3 is 2.62 bits per heavy atom. The van der Waals surface area contributed by atoms with Crippen molar-refractivity contribution in [1.82, 2.24) is 14.5 Å². The molecule has 0 bridgehead atoms. The lowest BCUT2D eigenvalue weighted by atomic mass is 10.1. The molecule has 1 heterocycles. The lowest BCUT2D eigenvalue weighted by molar-refractivity contribution is -0.127. The summed E-state index contributed by atoms with van der Waals surface area (Å²) in [6, 6.07) is 12.5. The maximum Gasteiger partial charge on any atom is 0.262 e. The molecule has 0 aliphatic heterocycles. The van der Waals surface area contributed by atoms with Crippen molar-refractivity contribution in [1.29, 1.82) is 0 Å². The standard InChI is InChI=1S/C21H21Cl2N3O2S/c1-13(19(27)25(2)3)29-21-24-18-7-5-4-6-16(18)20(28)26(21)11-10-14-8-9-15(22)12-17(14)23/h4-9,12-13H,10-11H2,1-3H3. The summed E-state index contributed by atoms with van der Waals surface area (Å²) in [4.78, 5) is 31.7. The third-order valence-corrected chi connectivity index (χ3v) is 6.18. The summed E-state index contributed by atoms with van der Waals surface area (Å²) >= 11 is 13.5. The molecule has 3 aromatic rings. The number of aryl methyl sites for hydroxylation is 1. The fraction of sp³-hybridized carbons (Fsp3) is 0.286. The van der Waals surface area contributed by atoms with Gasteiger partial charge in [0.25, 0.3) is 5.56 Å². The summed E-state index contributed by atoms with van der Waals surface area (Å²) in [6.07, 6.45) is 0.541. The molecule has 0 radical (unpaired) electrons. The van der Waals surface area contributed by atoms with Crippen molar-refractivity contribution in [3.8, 4) is 0 Å². The zero-order valence-corrected chi connectivity index (χ0v) is 18.7. The number of hydrogen-bond donors (Lipinski definition) is 0. The van der Waals surface area contributed by atoms with Crippen LogP contribution in [-0.4, -0.2) is 39.7 Å². The molecule has 29 heavy (non-hydrogen) atoms. The number of para-hydroxylation sites is 1. The molecule has 0 spiro atoms. The Balaban J connectivity index is 1.99. The molecule has 152 valence electrons. The van der Waals surface area contributed by atoms with Crippen LogP contribution < -0.4 is 5.56 Å². The molecule has 0 aliphatic rings. The van der Waals surface area contributed by atoms with E-state index in [4.69, 9.17) is 23.2 Å². The smallest absolute Gasteiger partial charge is 0.262 e. The first-order valence-corrected chi connectivity index (χ1v) is 10.7. The number of hydrogen-bond acceptors (Lipinski definition) is 4. The third kappa shape index (κ3) is 4.94. The molecule has 1 amide bonds. The second-order valence-corrected chi connectivity index (χ2v) is 9.00. The Kier molecular flexibility index (Phi) is 6.88. The first-order chi connectivity index (χ1) is 13.8. The number of benzene rings is 2. The fourth-order valence-corrected chi connectivity index (χ4v) is 4.55. The van der Waals surface area contributed by atoms with E-state index in [-0.39, 0.29) is 16.7 Å². The number of rotatable bonds is 6. The number of nitrogens with zero attached hydrogens (tertiary/aromatic N) is 3. The van der Waals surface area contributed by atoms with Crippen LogP contribution in [0, 0.1) is 0 Å². The zero-order valence-electron chi connectivity index (χ0n) is 16.4. The highest BCUT2D eigenvalue weighted by Crippen LogP contribution is 2.25. The summed E-state index contributed by atoms with van der Waals surface area (Å²) in [5.74, 6) is -0.0373. The number of halogens is 2. The van der Waals surface area contributed by atoms with Gasteiger partial charge in [-0.05, 0) is 43.2 Å². The molecule has 5 nitrogen and oxygen atoms in total. The van der Waals surface area contributed by atoms with E-state index < -0.39 is 0 Å². The van der Waals surface area contributed by atoms with Crippen molar-refractivity contribution in [2.24, 2.45) is 0 Å². The van der Waals surface area contributed by atoms with Gasteiger partial charge in [-0.15, -0.1) is 0 Å². The molecule has 2 aromatic carbocycles. The Bertz CT molecular complexity index is 1110. The Morgan fingerprint density at radius 2 is 1.93 bits per heavy atom. The van der Waals surface area contributed by atoms with Crippen molar-refractivity contribution >= 4 is 51.8 Å². The molecule has 3 rings (SSSR count). The Labute approximate surface area is 183 Å². The van der Waals surface area contributed by atoms with E-state index in [1.54, 1.807) is 42.9 Å². The number of carbonyl (C=O) groups excluding carboxylic acids is 1. The van der Waals surface area contributed by atoms with Gasteiger partial charge in [0.2, 0.25) is 5.91 Å².